The minimum Gasteiger partial charge on any atom is -0.394 e. The highest BCUT2D eigenvalue weighted by Gasteiger charge is 2.13. The van der Waals surface area contributed by atoms with Crippen LogP contribution in [0.25, 0.3) is 0 Å². The second kappa shape index (κ2) is 3.84. The van der Waals surface area contributed by atoms with Crippen molar-refractivity contribution in [1.29, 1.82) is 0 Å². The molecule has 80 valence electrons. The van der Waals surface area contributed by atoms with Crippen molar-refractivity contribution in [2.75, 3.05) is 17.0 Å². The molecule has 1 aromatic rings. The molecule has 0 aliphatic rings. The van der Waals surface area contributed by atoms with Crippen LogP contribution in [0.4, 0.5) is 11.5 Å². The maximum Gasteiger partial charge on any atom is 0.300 e. The summed E-state index contributed by atoms with van der Waals surface area (Å²) in [6.07, 6.45) is 0. The van der Waals surface area contributed by atoms with Crippen LogP contribution in [0.3, 0.4) is 0 Å². The van der Waals surface area contributed by atoms with E-state index < -0.39 is 10.2 Å². The number of hydrogen-bond acceptors (Lipinski definition) is 4. The number of nitrogens with zero attached hydrogens (tertiary/aromatic N) is 1. The SMILES string of the molecule is CCNS(=O)(=O)Nc1n[nH]c(C)c1N. The number of nitrogens with two attached hydrogens (primary N) is 1. The third-order valence-corrected chi connectivity index (χ3v) is 2.69. The van der Waals surface area contributed by atoms with Crippen LogP contribution in [0.1, 0.15) is 12.6 Å². The van der Waals surface area contributed by atoms with E-state index in [2.05, 4.69) is 19.6 Å². The van der Waals surface area contributed by atoms with Crippen molar-refractivity contribution in [2.45, 2.75) is 13.8 Å². The largest absolute Gasteiger partial charge is 0.394 e. The van der Waals surface area contributed by atoms with E-state index >= 15 is 0 Å². The lowest BCUT2D eigenvalue weighted by Crippen LogP contribution is -2.30. The molecule has 0 amide bonds. The van der Waals surface area contributed by atoms with Crippen LogP contribution in [0.15, 0.2) is 0 Å². The molecule has 5 N–H and O–H groups in total. The van der Waals surface area contributed by atoms with Crippen molar-refractivity contribution >= 4 is 21.7 Å². The van der Waals surface area contributed by atoms with Crippen molar-refractivity contribution in [2.24, 2.45) is 0 Å². The van der Waals surface area contributed by atoms with Crippen LogP contribution in [0.5, 0.6) is 0 Å². The first-order chi connectivity index (χ1) is 6.46. The maximum atomic E-state index is 11.2. The van der Waals surface area contributed by atoms with Gasteiger partial charge in [-0.15, -0.1) is 0 Å². The third kappa shape index (κ3) is 2.36. The van der Waals surface area contributed by atoms with E-state index in [1.54, 1.807) is 13.8 Å². The average molecular weight is 219 g/mol. The number of rotatable bonds is 4. The van der Waals surface area contributed by atoms with Crippen LogP contribution in [-0.4, -0.2) is 25.2 Å². The molecule has 7 nitrogen and oxygen atoms in total. The molecule has 1 heterocycles. The number of aryl methyl sites for hydroxylation is 1. The first-order valence-corrected chi connectivity index (χ1v) is 5.52. The number of nitrogen functional groups attached to an aromatic ring is 1. The Morgan fingerprint density at radius 3 is 2.64 bits per heavy atom. The number of anilines is 2. The van der Waals surface area contributed by atoms with Crippen LogP contribution < -0.4 is 15.2 Å². The van der Waals surface area contributed by atoms with Gasteiger partial charge < -0.3 is 5.73 Å². The van der Waals surface area contributed by atoms with E-state index in [1.165, 1.54) is 0 Å². The van der Waals surface area contributed by atoms with Gasteiger partial charge in [0.1, 0.15) is 0 Å². The quantitative estimate of drug-likeness (QED) is 0.550. The standard InChI is InChI=1S/C6H13N5O2S/c1-3-8-14(12,13)11-6-5(7)4(2)9-10-6/h8H,3,7H2,1-2H3,(H2,9,10,11). The van der Waals surface area contributed by atoms with Gasteiger partial charge in [0, 0.05) is 6.54 Å². The van der Waals surface area contributed by atoms with Crippen LogP contribution in [0, 0.1) is 6.92 Å². The first-order valence-electron chi connectivity index (χ1n) is 4.04. The fourth-order valence-corrected chi connectivity index (χ4v) is 1.73. The number of hydrogen-bond donors (Lipinski definition) is 4. The molecular formula is C6H13N5O2S. The summed E-state index contributed by atoms with van der Waals surface area (Å²) in [6, 6.07) is 0. The highest BCUT2D eigenvalue weighted by atomic mass is 32.2. The van der Waals surface area contributed by atoms with Crippen LogP contribution >= 0.6 is 0 Å². The molecule has 0 spiro atoms. The lowest BCUT2D eigenvalue weighted by atomic mass is 10.4. The highest BCUT2D eigenvalue weighted by Crippen LogP contribution is 2.18. The Labute approximate surface area is 82.3 Å². The van der Waals surface area contributed by atoms with Gasteiger partial charge in [-0.2, -0.15) is 18.2 Å². The minimum absolute atomic E-state index is 0.114. The summed E-state index contributed by atoms with van der Waals surface area (Å²) < 4.78 is 26.9. The zero-order chi connectivity index (χ0) is 10.8. The van der Waals surface area contributed by atoms with E-state index in [-0.39, 0.29) is 5.82 Å². The molecule has 1 rings (SSSR count). The normalized spacial score (nSPS) is 11.6. The molecular weight excluding hydrogens is 206 g/mol. The Balaban J connectivity index is 2.84. The molecule has 1 aromatic heterocycles. The number of H-pyrrole nitrogens is 1. The molecule has 0 unspecified atom stereocenters. The Hall–Kier alpha value is -1.28. The molecule has 0 atom stereocenters. The van der Waals surface area contributed by atoms with E-state index in [0.717, 1.165) is 0 Å². The molecule has 14 heavy (non-hydrogen) atoms. The van der Waals surface area contributed by atoms with E-state index in [4.69, 9.17) is 5.73 Å². The Morgan fingerprint density at radius 2 is 2.21 bits per heavy atom. The van der Waals surface area contributed by atoms with Crippen molar-refractivity contribution in [3.05, 3.63) is 5.69 Å². The van der Waals surface area contributed by atoms with Crippen molar-refractivity contribution in [3.63, 3.8) is 0 Å². The van der Waals surface area contributed by atoms with Crippen molar-refractivity contribution in [1.82, 2.24) is 14.9 Å². The molecule has 0 aliphatic heterocycles. The summed E-state index contributed by atoms with van der Waals surface area (Å²) in [5, 5.41) is 6.27. The molecule has 0 saturated heterocycles. The van der Waals surface area contributed by atoms with Gasteiger partial charge in [-0.05, 0) is 6.92 Å². The zero-order valence-corrected chi connectivity index (χ0v) is 8.77. The Kier molecular flexibility index (Phi) is 2.96. The minimum atomic E-state index is -3.56. The van der Waals surface area contributed by atoms with E-state index in [9.17, 15) is 8.42 Å². The predicted octanol–water partition coefficient (Wildman–Crippen LogP) is -0.433. The molecule has 0 radical (unpaired) electrons. The summed E-state index contributed by atoms with van der Waals surface area (Å²) in [6.45, 7) is 3.68. The number of aromatic amines is 1. The van der Waals surface area contributed by atoms with Gasteiger partial charge in [-0.1, -0.05) is 6.92 Å². The summed E-state index contributed by atoms with van der Waals surface area (Å²) in [4.78, 5) is 0. The van der Waals surface area contributed by atoms with Gasteiger partial charge >= 0.3 is 0 Å². The lowest BCUT2D eigenvalue weighted by molar-refractivity contribution is 0.589. The first kappa shape index (κ1) is 10.8. The molecule has 0 saturated carbocycles. The fraction of sp³-hybridized carbons (Fsp3) is 0.500. The molecule has 0 aromatic carbocycles. The topological polar surface area (TPSA) is 113 Å². The average Bonchev–Trinajstić information content (AvgIpc) is 2.35. The monoisotopic (exact) mass is 219 g/mol. The highest BCUT2D eigenvalue weighted by molar-refractivity contribution is 7.90. The number of aromatic nitrogens is 2. The zero-order valence-electron chi connectivity index (χ0n) is 7.96. The maximum absolute atomic E-state index is 11.2. The van der Waals surface area contributed by atoms with Gasteiger partial charge in [0.05, 0.1) is 11.4 Å². The van der Waals surface area contributed by atoms with Crippen LogP contribution in [0.2, 0.25) is 0 Å². The van der Waals surface area contributed by atoms with Gasteiger partial charge in [-0.25, -0.2) is 0 Å². The lowest BCUT2D eigenvalue weighted by Gasteiger charge is -2.05. The van der Waals surface area contributed by atoms with Gasteiger partial charge in [0.2, 0.25) is 0 Å². The van der Waals surface area contributed by atoms with E-state index in [0.29, 0.717) is 17.9 Å². The van der Waals surface area contributed by atoms with Gasteiger partial charge in [0.15, 0.2) is 5.82 Å². The summed E-state index contributed by atoms with van der Waals surface area (Å²) >= 11 is 0. The Bertz CT molecular complexity index is 410. The summed E-state index contributed by atoms with van der Waals surface area (Å²) in [5.41, 5.74) is 6.48. The Morgan fingerprint density at radius 1 is 1.57 bits per heavy atom. The molecule has 0 bridgehead atoms. The summed E-state index contributed by atoms with van der Waals surface area (Å²) in [5.74, 6) is 0.114. The van der Waals surface area contributed by atoms with Gasteiger partial charge in [-0.3, -0.25) is 9.82 Å². The number of nitrogens with one attached hydrogen (secondary N) is 3. The predicted molar refractivity (Wildman–Crippen MR) is 54.0 cm³/mol. The molecule has 0 aliphatic carbocycles. The smallest absolute Gasteiger partial charge is 0.300 e. The van der Waals surface area contributed by atoms with Gasteiger partial charge in [0.25, 0.3) is 10.2 Å². The molecule has 0 fully saturated rings. The van der Waals surface area contributed by atoms with Crippen molar-refractivity contribution < 1.29 is 8.42 Å². The van der Waals surface area contributed by atoms with Crippen molar-refractivity contribution in [3.8, 4) is 0 Å². The third-order valence-electron chi connectivity index (χ3n) is 1.56. The molecule has 8 heteroatoms. The summed E-state index contributed by atoms with van der Waals surface area (Å²) in [7, 11) is -3.56. The van der Waals surface area contributed by atoms with E-state index in [1.807, 2.05) is 0 Å². The fourth-order valence-electron chi connectivity index (χ4n) is 0.869. The van der Waals surface area contributed by atoms with Crippen LogP contribution in [-0.2, 0) is 10.2 Å². The second-order valence-electron chi connectivity index (χ2n) is 2.71. The second-order valence-corrected chi connectivity index (χ2v) is 4.21.